The summed E-state index contributed by atoms with van der Waals surface area (Å²) in [5, 5.41) is 2.05. The van der Waals surface area contributed by atoms with Crippen LogP contribution in [-0.2, 0) is 28.7 Å². The van der Waals surface area contributed by atoms with Crippen LogP contribution in [0.4, 0.5) is 0 Å². The van der Waals surface area contributed by atoms with Crippen molar-refractivity contribution in [2.45, 2.75) is 38.0 Å². The molecule has 4 nitrogen and oxygen atoms in total. The molecule has 1 aromatic heterocycles. The van der Waals surface area contributed by atoms with E-state index in [-0.39, 0.29) is 27.7 Å². The Morgan fingerprint density at radius 1 is 1.00 bits per heavy atom. The van der Waals surface area contributed by atoms with Gasteiger partial charge in [-0.15, -0.1) is 0 Å². The fraction of sp³-hybridized carbons (Fsp3) is 0.276. The van der Waals surface area contributed by atoms with E-state index in [9.17, 15) is 14.4 Å². The predicted octanol–water partition coefficient (Wildman–Crippen LogP) is 5.13. The summed E-state index contributed by atoms with van der Waals surface area (Å²) in [4.78, 5) is 38.8. The van der Waals surface area contributed by atoms with Gasteiger partial charge in [0.25, 0.3) is 0 Å². The van der Waals surface area contributed by atoms with Crippen LogP contribution in [0, 0.1) is 0 Å². The number of benzene rings is 3. The Labute approximate surface area is 201 Å². The van der Waals surface area contributed by atoms with Crippen LogP contribution >= 0.6 is 0 Å². The molecule has 0 bridgehead atoms. The van der Waals surface area contributed by atoms with Gasteiger partial charge in [0.05, 0.1) is 0 Å². The molecule has 0 N–H and O–H groups in total. The fourth-order valence-electron chi connectivity index (χ4n) is 5.71. The highest BCUT2D eigenvalue weighted by Gasteiger charge is 2.46. The monoisotopic (exact) mass is 468 g/mol. The van der Waals surface area contributed by atoms with Gasteiger partial charge in [0.1, 0.15) is 5.75 Å². The van der Waals surface area contributed by atoms with Gasteiger partial charge in [-0.3, -0.25) is 14.4 Å². The van der Waals surface area contributed by atoms with Crippen molar-refractivity contribution in [3.05, 3.63) is 82.9 Å². The topological polar surface area (TPSA) is 56.1 Å². The molecule has 34 heavy (non-hydrogen) atoms. The molecular weight excluding hydrogens is 442 g/mol. The zero-order chi connectivity index (χ0) is 23.4. The molecule has 3 aromatic carbocycles. The Kier molecular flexibility index (Phi) is 5.18. The Bertz CT molecular complexity index is 1480. The number of rotatable bonds is 4. The van der Waals surface area contributed by atoms with E-state index in [1.807, 2.05) is 54.6 Å². The van der Waals surface area contributed by atoms with Gasteiger partial charge in [0, 0.05) is 68.8 Å². The van der Waals surface area contributed by atoms with E-state index in [1.54, 1.807) is 0 Å². The molecule has 6 rings (SSSR count). The van der Waals surface area contributed by atoms with Crippen molar-refractivity contribution in [3.8, 4) is 0 Å². The van der Waals surface area contributed by atoms with Gasteiger partial charge in [-0.2, -0.15) is 0 Å². The van der Waals surface area contributed by atoms with E-state index < -0.39 is 0 Å². The van der Waals surface area contributed by atoms with Gasteiger partial charge < -0.3 is 4.57 Å². The lowest BCUT2D eigenvalue weighted by Crippen LogP contribution is -2.37. The van der Waals surface area contributed by atoms with Crippen LogP contribution < -0.4 is 0 Å². The van der Waals surface area contributed by atoms with Crippen LogP contribution in [-0.4, -0.2) is 38.7 Å². The highest BCUT2D eigenvalue weighted by Crippen LogP contribution is 2.40. The molecule has 1 aliphatic heterocycles. The molecule has 2 aliphatic rings. The number of fused-ring (bicyclic) bond motifs is 5. The second kappa shape index (κ2) is 8.24. The van der Waals surface area contributed by atoms with E-state index in [1.165, 1.54) is 0 Å². The lowest BCUT2D eigenvalue weighted by molar-refractivity contribution is -0.116. The van der Waals surface area contributed by atoms with Crippen LogP contribution in [0.2, 0.25) is 0 Å². The summed E-state index contributed by atoms with van der Waals surface area (Å²) in [6.07, 6.45) is 2.25. The molecule has 0 saturated carbocycles. The molecule has 1 aliphatic carbocycles. The van der Waals surface area contributed by atoms with Crippen molar-refractivity contribution in [1.82, 2.24) is 4.57 Å². The fourth-order valence-corrected chi connectivity index (χ4v) is 8.25. The van der Waals surface area contributed by atoms with Crippen molar-refractivity contribution in [3.63, 3.8) is 0 Å². The zero-order valence-electron chi connectivity index (χ0n) is 19.2. The number of carbonyl (C=O) groups excluding carboxylic acids is 3. The number of carbonyl (C=O) groups is 3. The minimum Gasteiger partial charge on any atom is -0.341 e. The number of hydrogen-bond donors (Lipinski definition) is 0. The molecule has 2 atom stereocenters. The van der Waals surface area contributed by atoms with Crippen LogP contribution in [0.25, 0.3) is 21.8 Å². The van der Waals surface area contributed by atoms with Gasteiger partial charge in [0.2, 0.25) is 5.78 Å². The number of aryl methyl sites for hydroxylation is 1. The smallest absolute Gasteiger partial charge is 0.215 e. The summed E-state index contributed by atoms with van der Waals surface area (Å²) in [5.74, 6) is 2.04. The first-order valence-corrected chi connectivity index (χ1v) is 13.6. The first-order valence-electron chi connectivity index (χ1n) is 12.0. The SMILES string of the molecule is CCn1c2ccc(C(=O)c3ccccc3)cc2c2c3c(ccc21)C(=O)C([S+]1CCCC(=O)C1)C3. The first-order chi connectivity index (χ1) is 16.6. The second-order valence-corrected chi connectivity index (χ2v) is 11.6. The Balaban J connectivity index is 1.51. The molecule has 5 heteroatoms. The lowest BCUT2D eigenvalue weighted by atomic mass is 9.98. The summed E-state index contributed by atoms with van der Waals surface area (Å²) >= 11 is 0. The van der Waals surface area contributed by atoms with Crippen LogP contribution in [0.1, 0.15) is 51.6 Å². The minimum absolute atomic E-state index is 0.00336. The van der Waals surface area contributed by atoms with E-state index in [0.29, 0.717) is 35.5 Å². The van der Waals surface area contributed by atoms with E-state index in [0.717, 1.165) is 51.7 Å². The number of Topliss-reactive ketones (excluding diaryl/α,β-unsaturated/α-hetero) is 2. The van der Waals surface area contributed by atoms with Gasteiger partial charge in [0.15, 0.2) is 22.6 Å². The number of ketones is 3. The molecule has 4 aromatic rings. The summed E-state index contributed by atoms with van der Waals surface area (Å²) in [6.45, 7) is 2.93. The third-order valence-electron chi connectivity index (χ3n) is 7.31. The molecule has 1 saturated heterocycles. The van der Waals surface area contributed by atoms with E-state index in [4.69, 9.17) is 0 Å². The number of aromatic nitrogens is 1. The summed E-state index contributed by atoms with van der Waals surface area (Å²) in [5.41, 5.74) is 5.42. The maximum atomic E-state index is 13.5. The standard InChI is InChI=1S/C29H26NO3S/c1-2-30-24-12-10-19(28(32)18-7-4-3-5-8-18)15-23(24)27-22-16-26(34-14-6-9-20(31)17-34)29(33)21(22)11-13-25(27)30/h3-5,7-8,10-13,15,26H,2,6,9,14,16-17H2,1H3/q+1. The third kappa shape index (κ3) is 3.25. The molecule has 2 unspecified atom stereocenters. The largest absolute Gasteiger partial charge is 0.341 e. The molecule has 170 valence electrons. The third-order valence-corrected chi connectivity index (χ3v) is 10.0. The predicted molar refractivity (Wildman–Crippen MR) is 138 cm³/mol. The first kappa shape index (κ1) is 21.4. The van der Waals surface area contributed by atoms with Crippen LogP contribution in [0.5, 0.6) is 0 Å². The zero-order valence-corrected chi connectivity index (χ0v) is 20.0. The molecule has 1 fully saturated rings. The lowest BCUT2D eigenvalue weighted by Gasteiger charge is -2.17. The number of nitrogens with zero attached hydrogens (tertiary/aromatic N) is 1. The van der Waals surface area contributed by atoms with E-state index in [2.05, 4.69) is 17.6 Å². The van der Waals surface area contributed by atoms with Gasteiger partial charge in [-0.1, -0.05) is 30.3 Å². The van der Waals surface area contributed by atoms with Crippen LogP contribution in [0.15, 0.2) is 60.7 Å². The maximum absolute atomic E-state index is 13.5. The number of hydrogen-bond acceptors (Lipinski definition) is 3. The Morgan fingerprint density at radius 2 is 1.79 bits per heavy atom. The maximum Gasteiger partial charge on any atom is 0.215 e. The summed E-state index contributed by atoms with van der Waals surface area (Å²) < 4.78 is 2.27. The van der Waals surface area contributed by atoms with Gasteiger partial charge >= 0.3 is 0 Å². The normalized spacial score (nSPS) is 20.3. The average Bonchev–Trinajstić information content (AvgIpc) is 3.38. The average molecular weight is 469 g/mol. The van der Waals surface area contributed by atoms with Crippen molar-refractivity contribution >= 4 is 50.1 Å². The summed E-state index contributed by atoms with van der Waals surface area (Å²) in [6, 6.07) is 19.3. The highest BCUT2D eigenvalue weighted by molar-refractivity contribution is 7.98. The van der Waals surface area contributed by atoms with E-state index >= 15 is 0 Å². The molecule has 0 spiro atoms. The highest BCUT2D eigenvalue weighted by atomic mass is 32.2. The van der Waals surface area contributed by atoms with Crippen molar-refractivity contribution in [1.29, 1.82) is 0 Å². The molecule has 0 amide bonds. The molecular formula is C29H26NO3S+. The van der Waals surface area contributed by atoms with Crippen LogP contribution in [0.3, 0.4) is 0 Å². The van der Waals surface area contributed by atoms with Gasteiger partial charge in [-0.25, -0.2) is 0 Å². The minimum atomic E-state index is -0.175. The van der Waals surface area contributed by atoms with Gasteiger partial charge in [-0.05, 0) is 49.2 Å². The molecule has 0 radical (unpaired) electrons. The van der Waals surface area contributed by atoms with Crippen molar-refractivity contribution in [2.75, 3.05) is 11.5 Å². The Hall–Kier alpha value is -3.18. The van der Waals surface area contributed by atoms with Crippen molar-refractivity contribution in [2.24, 2.45) is 0 Å². The quantitative estimate of drug-likeness (QED) is 0.308. The summed E-state index contributed by atoms with van der Waals surface area (Å²) in [7, 11) is -0.175. The second-order valence-electron chi connectivity index (χ2n) is 9.24. The Morgan fingerprint density at radius 3 is 2.56 bits per heavy atom. The van der Waals surface area contributed by atoms with Crippen molar-refractivity contribution < 1.29 is 14.4 Å². The molecule has 2 heterocycles.